The van der Waals surface area contributed by atoms with E-state index in [1.807, 2.05) is 6.07 Å². The number of hydrogen-bond acceptors (Lipinski definition) is 1. The van der Waals surface area contributed by atoms with Crippen LogP contribution in [0.5, 0.6) is 5.75 Å². The summed E-state index contributed by atoms with van der Waals surface area (Å²) in [4.78, 5) is 0. The van der Waals surface area contributed by atoms with E-state index < -0.39 is 0 Å². The lowest BCUT2D eigenvalue weighted by Gasteiger charge is -2.08. The summed E-state index contributed by atoms with van der Waals surface area (Å²) in [5, 5.41) is 9.57. The number of benzene rings is 2. The Bertz CT molecular complexity index is 688. The lowest BCUT2D eigenvalue weighted by molar-refractivity contribution is 0.465. The first kappa shape index (κ1) is 16.1. The number of hydrogen-bond donors (Lipinski definition) is 1. The molecule has 2 aromatic rings. The summed E-state index contributed by atoms with van der Waals surface area (Å²) < 4.78 is 0. The van der Waals surface area contributed by atoms with Crippen LogP contribution in [0.2, 0.25) is 0 Å². The third kappa shape index (κ3) is 3.02. The van der Waals surface area contributed by atoms with Crippen LogP contribution in [-0.4, -0.2) is 5.11 Å². The van der Waals surface area contributed by atoms with Crippen molar-refractivity contribution in [2.75, 3.05) is 0 Å². The van der Waals surface area contributed by atoms with E-state index in [2.05, 4.69) is 58.0 Å². The summed E-state index contributed by atoms with van der Waals surface area (Å²) in [5.74, 6) is 3.36. The Hall–Kier alpha value is -1.76. The van der Waals surface area contributed by atoms with Gasteiger partial charge in [0.2, 0.25) is 0 Å². The molecule has 2 aliphatic rings. The average Bonchev–Trinajstić information content (AvgIpc) is 3.00. The molecular formula is C22H28O. The van der Waals surface area contributed by atoms with Crippen LogP contribution in [0.4, 0.5) is 0 Å². The molecule has 0 bridgehead atoms. The highest BCUT2D eigenvalue weighted by atomic mass is 16.3. The molecule has 0 saturated heterocycles. The smallest absolute Gasteiger partial charge is 0.119 e. The van der Waals surface area contributed by atoms with Gasteiger partial charge in [0.25, 0.3) is 0 Å². The van der Waals surface area contributed by atoms with Gasteiger partial charge < -0.3 is 5.11 Å². The van der Waals surface area contributed by atoms with Crippen LogP contribution in [-0.2, 0) is 12.8 Å². The summed E-state index contributed by atoms with van der Waals surface area (Å²) in [6.07, 6.45) is 2.31. The van der Waals surface area contributed by atoms with Gasteiger partial charge in [-0.05, 0) is 64.8 Å². The number of fused-ring (bicyclic) bond motifs is 2. The normalized spacial score (nSPS) is 27.8. The van der Waals surface area contributed by atoms with Gasteiger partial charge in [0.15, 0.2) is 0 Å². The standard InChI is InChI=1S/C11H14O.C11H14/c1-7-6-10-9(8(7)2)4-3-5-11(10)12;1-8-7-10-5-3-4-6-11(10)9(8)2/h3-5,7-8,12H,6H2,1-2H3;3-6,8-9H,7H2,1-2H3. The summed E-state index contributed by atoms with van der Waals surface area (Å²) in [6.45, 7) is 9.14. The summed E-state index contributed by atoms with van der Waals surface area (Å²) in [5.41, 5.74) is 5.63. The van der Waals surface area contributed by atoms with E-state index in [4.69, 9.17) is 0 Å². The van der Waals surface area contributed by atoms with Gasteiger partial charge >= 0.3 is 0 Å². The van der Waals surface area contributed by atoms with Crippen LogP contribution in [0, 0.1) is 11.8 Å². The molecule has 1 nitrogen and oxygen atoms in total. The molecule has 4 rings (SSSR count). The van der Waals surface area contributed by atoms with Gasteiger partial charge in [-0.15, -0.1) is 0 Å². The van der Waals surface area contributed by atoms with E-state index in [-0.39, 0.29) is 0 Å². The molecule has 1 heteroatoms. The van der Waals surface area contributed by atoms with Crippen molar-refractivity contribution in [2.24, 2.45) is 11.8 Å². The Kier molecular flexibility index (Phi) is 4.48. The van der Waals surface area contributed by atoms with E-state index in [1.165, 1.54) is 12.0 Å². The second-order valence-electron chi connectivity index (χ2n) is 7.48. The fourth-order valence-corrected chi connectivity index (χ4v) is 4.04. The molecule has 2 aromatic carbocycles. The van der Waals surface area contributed by atoms with Gasteiger partial charge in [0.05, 0.1) is 0 Å². The van der Waals surface area contributed by atoms with Crippen molar-refractivity contribution < 1.29 is 5.11 Å². The van der Waals surface area contributed by atoms with E-state index in [1.54, 1.807) is 17.2 Å². The van der Waals surface area contributed by atoms with Crippen molar-refractivity contribution >= 4 is 0 Å². The van der Waals surface area contributed by atoms with Crippen LogP contribution in [0.1, 0.15) is 61.8 Å². The van der Waals surface area contributed by atoms with Crippen molar-refractivity contribution in [1.82, 2.24) is 0 Å². The Morgan fingerprint density at radius 2 is 1.35 bits per heavy atom. The Labute approximate surface area is 140 Å². The van der Waals surface area contributed by atoms with Crippen LogP contribution >= 0.6 is 0 Å². The van der Waals surface area contributed by atoms with E-state index in [9.17, 15) is 5.11 Å². The Balaban J connectivity index is 0.000000136. The molecule has 1 N–H and O–H groups in total. The van der Waals surface area contributed by atoms with Crippen molar-refractivity contribution in [2.45, 2.75) is 52.4 Å². The predicted molar refractivity (Wildman–Crippen MR) is 97.1 cm³/mol. The molecular weight excluding hydrogens is 280 g/mol. The minimum Gasteiger partial charge on any atom is -0.508 e. The number of rotatable bonds is 0. The van der Waals surface area contributed by atoms with Crippen LogP contribution in [0.25, 0.3) is 0 Å². The molecule has 0 radical (unpaired) electrons. The van der Waals surface area contributed by atoms with Gasteiger partial charge in [0, 0.05) is 0 Å². The van der Waals surface area contributed by atoms with E-state index in [0.29, 0.717) is 17.6 Å². The Morgan fingerprint density at radius 1 is 0.739 bits per heavy atom. The SMILES string of the molecule is CC1Cc2c(O)cccc2C1C.CC1Cc2ccccc2C1C. The molecule has 4 unspecified atom stereocenters. The lowest BCUT2D eigenvalue weighted by atomic mass is 9.97. The highest BCUT2D eigenvalue weighted by Crippen LogP contribution is 2.41. The molecule has 0 aromatic heterocycles. The molecule has 0 fully saturated rings. The zero-order valence-corrected chi connectivity index (χ0v) is 14.7. The van der Waals surface area contributed by atoms with E-state index >= 15 is 0 Å². The fraction of sp³-hybridized carbons (Fsp3) is 0.455. The molecule has 0 spiro atoms. The first-order valence-corrected chi connectivity index (χ1v) is 8.87. The molecule has 0 amide bonds. The third-order valence-corrected chi connectivity index (χ3v) is 6.00. The van der Waals surface area contributed by atoms with Gasteiger partial charge in [-0.25, -0.2) is 0 Å². The maximum atomic E-state index is 9.57. The minimum absolute atomic E-state index is 0.476. The molecule has 0 heterocycles. The molecule has 0 aliphatic heterocycles. The second kappa shape index (κ2) is 6.39. The van der Waals surface area contributed by atoms with Gasteiger partial charge in [-0.2, -0.15) is 0 Å². The van der Waals surface area contributed by atoms with Gasteiger partial charge in [0.1, 0.15) is 5.75 Å². The third-order valence-electron chi connectivity index (χ3n) is 6.00. The average molecular weight is 308 g/mol. The highest BCUT2D eigenvalue weighted by molar-refractivity contribution is 5.44. The van der Waals surface area contributed by atoms with Crippen LogP contribution in [0.15, 0.2) is 42.5 Å². The number of aromatic hydroxyl groups is 1. The monoisotopic (exact) mass is 308 g/mol. The largest absolute Gasteiger partial charge is 0.508 e. The minimum atomic E-state index is 0.476. The number of phenolic OH excluding ortho intramolecular Hbond substituents is 1. The maximum absolute atomic E-state index is 9.57. The first-order valence-electron chi connectivity index (χ1n) is 8.87. The summed E-state index contributed by atoms with van der Waals surface area (Å²) in [6, 6.07) is 14.7. The van der Waals surface area contributed by atoms with Gasteiger partial charge in [-0.3, -0.25) is 0 Å². The molecule has 4 atom stereocenters. The molecule has 23 heavy (non-hydrogen) atoms. The molecule has 2 aliphatic carbocycles. The van der Waals surface area contributed by atoms with Gasteiger partial charge in [-0.1, -0.05) is 64.1 Å². The summed E-state index contributed by atoms with van der Waals surface area (Å²) >= 11 is 0. The zero-order chi connectivity index (χ0) is 16.6. The lowest BCUT2D eigenvalue weighted by Crippen LogP contribution is -1.97. The van der Waals surface area contributed by atoms with Crippen molar-refractivity contribution in [3.8, 4) is 5.75 Å². The summed E-state index contributed by atoms with van der Waals surface area (Å²) in [7, 11) is 0. The van der Waals surface area contributed by atoms with Crippen LogP contribution < -0.4 is 0 Å². The van der Waals surface area contributed by atoms with Crippen LogP contribution in [0.3, 0.4) is 0 Å². The molecule has 0 saturated carbocycles. The quantitative estimate of drug-likeness (QED) is 0.664. The zero-order valence-electron chi connectivity index (χ0n) is 14.7. The van der Waals surface area contributed by atoms with Crippen molar-refractivity contribution in [3.63, 3.8) is 0 Å². The second-order valence-corrected chi connectivity index (χ2v) is 7.48. The topological polar surface area (TPSA) is 20.2 Å². The fourth-order valence-electron chi connectivity index (χ4n) is 4.04. The van der Waals surface area contributed by atoms with Crippen molar-refractivity contribution in [3.05, 3.63) is 64.7 Å². The first-order chi connectivity index (χ1) is 11.0. The highest BCUT2D eigenvalue weighted by Gasteiger charge is 2.27. The van der Waals surface area contributed by atoms with E-state index in [0.717, 1.165) is 23.8 Å². The number of phenols is 1. The Morgan fingerprint density at radius 3 is 2.04 bits per heavy atom. The maximum Gasteiger partial charge on any atom is 0.119 e. The predicted octanol–water partition coefficient (Wildman–Crippen LogP) is 5.67. The van der Waals surface area contributed by atoms with Crippen molar-refractivity contribution in [1.29, 1.82) is 0 Å². The molecule has 122 valence electrons.